The van der Waals surface area contributed by atoms with Gasteiger partial charge in [-0.25, -0.2) is 0 Å². The molecule has 0 unspecified atom stereocenters. The summed E-state index contributed by atoms with van der Waals surface area (Å²) in [4.78, 5) is 0. The highest BCUT2D eigenvalue weighted by Crippen LogP contribution is 2.14. The van der Waals surface area contributed by atoms with Gasteiger partial charge in [-0.3, -0.25) is 0 Å². The van der Waals surface area contributed by atoms with Gasteiger partial charge in [-0.05, 0) is 18.4 Å². The summed E-state index contributed by atoms with van der Waals surface area (Å²) in [6.45, 7) is 11.7. The summed E-state index contributed by atoms with van der Waals surface area (Å²) in [7, 11) is 0. The molecule has 1 aromatic carbocycles. The number of nitrogens with one attached hydrogen (secondary N) is 1. The summed E-state index contributed by atoms with van der Waals surface area (Å²) in [6, 6.07) is 10.5. The highest BCUT2D eigenvalue weighted by molar-refractivity contribution is 5.14. The topological polar surface area (TPSA) is 21.3 Å². The van der Waals surface area contributed by atoms with Crippen molar-refractivity contribution in [2.75, 3.05) is 19.8 Å². The van der Waals surface area contributed by atoms with Gasteiger partial charge in [0.2, 0.25) is 0 Å². The molecule has 0 aliphatic rings. The van der Waals surface area contributed by atoms with Crippen LogP contribution in [0.3, 0.4) is 0 Å². The molecule has 0 aliphatic heterocycles. The Balaban J connectivity index is 2.14. The van der Waals surface area contributed by atoms with Gasteiger partial charge in [0.1, 0.15) is 0 Å². The van der Waals surface area contributed by atoms with E-state index in [1.807, 2.05) is 12.1 Å². The van der Waals surface area contributed by atoms with E-state index in [0.717, 1.165) is 39.1 Å². The molecule has 1 aromatic rings. The van der Waals surface area contributed by atoms with Crippen LogP contribution in [0.5, 0.6) is 0 Å². The number of ether oxygens (including phenoxy) is 1. The number of hydrogen-bond acceptors (Lipinski definition) is 2. The van der Waals surface area contributed by atoms with Crippen molar-refractivity contribution in [3.8, 4) is 0 Å². The number of unbranched alkanes of at least 4 members (excludes halogenated alkanes) is 1. The summed E-state index contributed by atoms with van der Waals surface area (Å²) in [5.41, 5.74) is 1.49. The first-order valence-electron chi connectivity index (χ1n) is 7.07. The van der Waals surface area contributed by atoms with Crippen LogP contribution in [0.1, 0.15) is 32.3 Å². The fourth-order valence-electron chi connectivity index (χ4n) is 1.87. The van der Waals surface area contributed by atoms with Gasteiger partial charge in [0.05, 0.1) is 6.61 Å². The SMILES string of the molecule is C=CCCCOCC(C)(C)CNCc1ccccc1. The van der Waals surface area contributed by atoms with Crippen molar-refractivity contribution in [3.05, 3.63) is 48.6 Å². The van der Waals surface area contributed by atoms with E-state index in [-0.39, 0.29) is 5.41 Å². The number of hydrogen-bond donors (Lipinski definition) is 1. The van der Waals surface area contributed by atoms with Crippen LogP contribution in [0.25, 0.3) is 0 Å². The second-order valence-corrected chi connectivity index (χ2v) is 5.74. The van der Waals surface area contributed by atoms with Crippen LogP contribution in [0.15, 0.2) is 43.0 Å². The summed E-state index contributed by atoms with van der Waals surface area (Å²) < 4.78 is 5.72. The van der Waals surface area contributed by atoms with Gasteiger partial charge in [-0.15, -0.1) is 6.58 Å². The smallest absolute Gasteiger partial charge is 0.0529 e. The molecular weight excluding hydrogens is 234 g/mol. The molecule has 0 fully saturated rings. The molecule has 0 bridgehead atoms. The van der Waals surface area contributed by atoms with Crippen LogP contribution in [0, 0.1) is 5.41 Å². The first-order chi connectivity index (χ1) is 9.14. The zero-order valence-electron chi connectivity index (χ0n) is 12.3. The second-order valence-electron chi connectivity index (χ2n) is 5.74. The lowest BCUT2D eigenvalue weighted by Crippen LogP contribution is -2.33. The number of allylic oxidation sites excluding steroid dienone is 1. The van der Waals surface area contributed by atoms with Gasteiger partial charge in [-0.2, -0.15) is 0 Å². The molecule has 1 N–H and O–H groups in total. The highest BCUT2D eigenvalue weighted by atomic mass is 16.5. The molecule has 2 heteroatoms. The van der Waals surface area contributed by atoms with Gasteiger partial charge >= 0.3 is 0 Å². The summed E-state index contributed by atoms with van der Waals surface area (Å²) in [5.74, 6) is 0. The lowest BCUT2D eigenvalue weighted by molar-refractivity contribution is 0.0609. The minimum atomic E-state index is 0.170. The molecule has 0 spiro atoms. The predicted octanol–water partition coefficient (Wildman–Crippen LogP) is 3.79. The molecule has 1 rings (SSSR count). The summed E-state index contributed by atoms with van der Waals surface area (Å²) in [5, 5.41) is 3.50. The van der Waals surface area contributed by atoms with Crippen LogP contribution in [-0.4, -0.2) is 19.8 Å². The molecule has 106 valence electrons. The quantitative estimate of drug-likeness (QED) is 0.511. The summed E-state index contributed by atoms with van der Waals surface area (Å²) in [6.07, 6.45) is 4.04. The van der Waals surface area contributed by atoms with Crippen molar-refractivity contribution >= 4 is 0 Å². The lowest BCUT2D eigenvalue weighted by atomic mass is 9.95. The van der Waals surface area contributed by atoms with Crippen molar-refractivity contribution < 1.29 is 4.74 Å². The van der Waals surface area contributed by atoms with Gasteiger partial charge in [0.25, 0.3) is 0 Å². The molecule has 0 atom stereocenters. The number of rotatable bonds is 10. The normalized spacial score (nSPS) is 11.5. The molecule has 0 heterocycles. The van der Waals surface area contributed by atoms with E-state index >= 15 is 0 Å². The fourth-order valence-corrected chi connectivity index (χ4v) is 1.87. The van der Waals surface area contributed by atoms with Gasteiger partial charge in [0, 0.05) is 25.1 Å². The first-order valence-corrected chi connectivity index (χ1v) is 7.07. The van der Waals surface area contributed by atoms with Crippen LogP contribution >= 0.6 is 0 Å². The zero-order chi connectivity index (χ0) is 14.0. The minimum absolute atomic E-state index is 0.170. The van der Waals surface area contributed by atoms with E-state index in [1.165, 1.54) is 5.56 Å². The van der Waals surface area contributed by atoms with Crippen molar-refractivity contribution in [1.82, 2.24) is 5.32 Å². The first kappa shape index (κ1) is 15.9. The van der Waals surface area contributed by atoms with Gasteiger partial charge in [-0.1, -0.05) is 50.3 Å². The maximum Gasteiger partial charge on any atom is 0.0529 e. The fraction of sp³-hybridized carbons (Fsp3) is 0.529. The third-order valence-electron chi connectivity index (χ3n) is 2.97. The zero-order valence-corrected chi connectivity index (χ0v) is 12.3. The molecule has 0 amide bonds. The van der Waals surface area contributed by atoms with Crippen LogP contribution in [-0.2, 0) is 11.3 Å². The second kappa shape index (κ2) is 8.89. The molecule has 19 heavy (non-hydrogen) atoms. The monoisotopic (exact) mass is 261 g/mol. The predicted molar refractivity (Wildman–Crippen MR) is 82.2 cm³/mol. The van der Waals surface area contributed by atoms with E-state index in [4.69, 9.17) is 4.74 Å². The third-order valence-corrected chi connectivity index (χ3v) is 2.97. The van der Waals surface area contributed by atoms with Crippen LogP contribution < -0.4 is 5.32 Å². The van der Waals surface area contributed by atoms with Crippen molar-refractivity contribution in [2.45, 2.75) is 33.2 Å². The highest BCUT2D eigenvalue weighted by Gasteiger charge is 2.17. The van der Waals surface area contributed by atoms with Crippen LogP contribution in [0.2, 0.25) is 0 Å². The van der Waals surface area contributed by atoms with Crippen molar-refractivity contribution in [3.63, 3.8) is 0 Å². The largest absolute Gasteiger partial charge is 0.381 e. The van der Waals surface area contributed by atoms with E-state index in [2.05, 4.69) is 50.0 Å². The molecule has 0 saturated carbocycles. The number of benzene rings is 1. The maximum absolute atomic E-state index is 5.72. The van der Waals surface area contributed by atoms with E-state index in [9.17, 15) is 0 Å². The van der Waals surface area contributed by atoms with Crippen molar-refractivity contribution in [1.29, 1.82) is 0 Å². The molecule has 0 aliphatic carbocycles. The molecule has 2 nitrogen and oxygen atoms in total. The van der Waals surface area contributed by atoms with Crippen molar-refractivity contribution in [2.24, 2.45) is 5.41 Å². The Bertz CT molecular complexity index is 346. The Morgan fingerprint density at radius 3 is 2.68 bits per heavy atom. The van der Waals surface area contributed by atoms with E-state index < -0.39 is 0 Å². The lowest BCUT2D eigenvalue weighted by Gasteiger charge is -2.25. The minimum Gasteiger partial charge on any atom is -0.381 e. The maximum atomic E-state index is 5.72. The Kier molecular flexibility index (Phi) is 7.46. The molecular formula is C17H27NO. The van der Waals surface area contributed by atoms with Gasteiger partial charge in [0.15, 0.2) is 0 Å². The Labute approximate surface area is 117 Å². The van der Waals surface area contributed by atoms with E-state index in [1.54, 1.807) is 0 Å². The average Bonchev–Trinajstić information content (AvgIpc) is 2.39. The van der Waals surface area contributed by atoms with Crippen LogP contribution in [0.4, 0.5) is 0 Å². The standard InChI is InChI=1S/C17H27NO/c1-4-5-9-12-19-15-17(2,3)14-18-13-16-10-7-6-8-11-16/h4,6-8,10-11,18H,1,5,9,12-15H2,2-3H3. The Hall–Kier alpha value is -1.12. The average molecular weight is 261 g/mol. The molecule has 0 saturated heterocycles. The Morgan fingerprint density at radius 2 is 2.00 bits per heavy atom. The van der Waals surface area contributed by atoms with Gasteiger partial charge < -0.3 is 10.1 Å². The van der Waals surface area contributed by atoms with E-state index in [0.29, 0.717) is 0 Å². The third kappa shape index (κ3) is 7.81. The molecule has 0 radical (unpaired) electrons. The summed E-state index contributed by atoms with van der Waals surface area (Å²) >= 11 is 0. The Morgan fingerprint density at radius 1 is 1.26 bits per heavy atom. The molecule has 0 aromatic heterocycles.